The van der Waals surface area contributed by atoms with Crippen molar-refractivity contribution in [2.45, 2.75) is 6.61 Å². The van der Waals surface area contributed by atoms with E-state index in [-0.39, 0.29) is 12.6 Å². The van der Waals surface area contributed by atoms with Crippen LogP contribution in [0.25, 0.3) is 11.3 Å². The van der Waals surface area contributed by atoms with Crippen LogP contribution in [0.5, 0.6) is 0 Å². The highest BCUT2D eigenvalue weighted by molar-refractivity contribution is 14.1. The van der Waals surface area contributed by atoms with E-state index in [1.54, 1.807) is 24.5 Å². The van der Waals surface area contributed by atoms with Crippen molar-refractivity contribution in [3.63, 3.8) is 0 Å². The molecule has 2 aromatic rings. The number of aliphatic imine (C=N–C) groups is 1. The second-order valence-corrected chi connectivity index (χ2v) is 4.81. The third-order valence-electron chi connectivity index (χ3n) is 2.29. The maximum atomic E-state index is 11.2. The third kappa shape index (κ3) is 4.63. The molecule has 0 atom stereocenters. The molecule has 8 nitrogen and oxygen atoms in total. The Hall–Kier alpha value is -2.30. The number of rotatable bonds is 3. The topological polar surface area (TPSA) is 129 Å². The predicted molar refractivity (Wildman–Crippen MR) is 84.0 cm³/mol. The number of hydrogen-bond donors (Lipinski definition) is 2. The van der Waals surface area contributed by atoms with Gasteiger partial charge in [-0.3, -0.25) is 0 Å². The van der Waals surface area contributed by atoms with Crippen LogP contribution in [0.2, 0.25) is 0 Å². The van der Waals surface area contributed by atoms with Crippen molar-refractivity contribution in [1.82, 2.24) is 15.0 Å². The van der Waals surface area contributed by atoms with Crippen LogP contribution in [0, 0.1) is 3.83 Å². The first-order valence-corrected chi connectivity index (χ1v) is 6.82. The van der Waals surface area contributed by atoms with Gasteiger partial charge in [0, 0.05) is 40.5 Å². The van der Waals surface area contributed by atoms with Crippen molar-refractivity contribution in [3.05, 3.63) is 40.1 Å². The largest absolute Gasteiger partial charge is 0.441 e. The first-order valence-electron chi connectivity index (χ1n) is 5.75. The highest BCUT2D eigenvalue weighted by Crippen LogP contribution is 2.15. The summed E-state index contributed by atoms with van der Waals surface area (Å²) in [5.74, 6) is -0.349. The summed E-state index contributed by atoms with van der Waals surface area (Å²) >= 11 is 2.02. The van der Waals surface area contributed by atoms with Gasteiger partial charge in [-0.25, -0.2) is 19.7 Å². The molecular formula is C12H11IN6O2. The van der Waals surface area contributed by atoms with Crippen molar-refractivity contribution >= 4 is 34.6 Å². The van der Waals surface area contributed by atoms with Gasteiger partial charge < -0.3 is 16.2 Å². The van der Waals surface area contributed by atoms with E-state index >= 15 is 0 Å². The van der Waals surface area contributed by atoms with E-state index in [4.69, 9.17) is 16.2 Å². The fourth-order valence-corrected chi connectivity index (χ4v) is 1.72. The average molecular weight is 398 g/mol. The molecule has 0 aliphatic rings. The molecule has 0 saturated heterocycles. The third-order valence-corrected chi connectivity index (χ3v) is 2.84. The van der Waals surface area contributed by atoms with Gasteiger partial charge in [-0.1, -0.05) is 6.07 Å². The van der Waals surface area contributed by atoms with E-state index in [1.165, 1.54) is 0 Å². The molecule has 0 unspecified atom stereocenters. The van der Waals surface area contributed by atoms with Crippen LogP contribution in [0.1, 0.15) is 5.69 Å². The molecule has 0 spiro atoms. The van der Waals surface area contributed by atoms with Gasteiger partial charge in [-0.15, -0.1) is 4.99 Å². The summed E-state index contributed by atoms with van der Waals surface area (Å²) in [6, 6.07) is 5.33. The van der Waals surface area contributed by atoms with E-state index in [0.717, 1.165) is 5.56 Å². The Kier molecular flexibility index (Phi) is 4.98. The van der Waals surface area contributed by atoms with Crippen molar-refractivity contribution < 1.29 is 9.53 Å². The Morgan fingerprint density at radius 3 is 2.67 bits per heavy atom. The summed E-state index contributed by atoms with van der Waals surface area (Å²) in [6.45, 7) is -0.0331. The van der Waals surface area contributed by atoms with E-state index in [9.17, 15) is 4.79 Å². The predicted octanol–water partition coefficient (Wildman–Crippen LogP) is 1.05. The molecule has 4 N–H and O–H groups in total. The van der Waals surface area contributed by atoms with Crippen LogP contribution in [0.4, 0.5) is 4.79 Å². The molecule has 9 heteroatoms. The van der Waals surface area contributed by atoms with Gasteiger partial charge in [0.1, 0.15) is 6.61 Å². The molecule has 0 aromatic carbocycles. The van der Waals surface area contributed by atoms with E-state index < -0.39 is 6.09 Å². The zero-order valence-corrected chi connectivity index (χ0v) is 12.9. The highest BCUT2D eigenvalue weighted by atomic mass is 127. The number of halogens is 1. The number of nitrogens with zero attached hydrogens (tertiary/aromatic N) is 4. The van der Waals surface area contributed by atoms with Gasteiger partial charge in [0.2, 0.25) is 0 Å². The maximum Gasteiger partial charge on any atom is 0.437 e. The number of nitrogens with two attached hydrogens (primary N) is 2. The molecule has 1 amide bonds. The number of carbonyl (C=O) groups excluding carboxylic acids is 1. The fraction of sp³-hybridized carbons (Fsp3) is 0.0833. The van der Waals surface area contributed by atoms with E-state index in [2.05, 4.69) is 19.9 Å². The molecule has 21 heavy (non-hydrogen) atoms. The molecule has 0 saturated carbocycles. The van der Waals surface area contributed by atoms with Crippen LogP contribution in [-0.4, -0.2) is 27.0 Å². The average Bonchev–Trinajstić information content (AvgIpc) is 2.45. The SMILES string of the molecule is NC(N)=NC(=O)OCc1cccc(-c2cnc(I)nc2)n1. The number of aromatic nitrogens is 3. The molecule has 0 radical (unpaired) electrons. The minimum Gasteiger partial charge on any atom is -0.441 e. The van der Waals surface area contributed by atoms with Crippen molar-refractivity contribution in [2.75, 3.05) is 0 Å². The quantitative estimate of drug-likeness (QED) is 0.342. The van der Waals surface area contributed by atoms with Crippen molar-refractivity contribution in [2.24, 2.45) is 16.5 Å². The van der Waals surface area contributed by atoms with Crippen LogP contribution in [0.3, 0.4) is 0 Å². The molecular weight excluding hydrogens is 387 g/mol. The molecule has 2 rings (SSSR count). The molecule has 0 fully saturated rings. The smallest absolute Gasteiger partial charge is 0.437 e. The summed E-state index contributed by atoms with van der Waals surface area (Å²) < 4.78 is 5.52. The first-order chi connectivity index (χ1) is 10.0. The Labute approximate surface area is 133 Å². The Morgan fingerprint density at radius 2 is 2.00 bits per heavy atom. The molecule has 2 aromatic heterocycles. The van der Waals surface area contributed by atoms with Gasteiger partial charge >= 0.3 is 6.09 Å². The summed E-state index contributed by atoms with van der Waals surface area (Å²) in [7, 11) is 0. The van der Waals surface area contributed by atoms with Crippen LogP contribution in [0.15, 0.2) is 35.6 Å². The normalized spacial score (nSPS) is 9.95. The number of carbonyl (C=O) groups is 1. The van der Waals surface area contributed by atoms with E-state index in [0.29, 0.717) is 15.2 Å². The molecule has 0 aliphatic carbocycles. The minimum absolute atomic E-state index is 0.0331. The lowest BCUT2D eigenvalue weighted by molar-refractivity contribution is 0.149. The van der Waals surface area contributed by atoms with Gasteiger partial charge in [-0.2, -0.15) is 0 Å². The monoisotopic (exact) mass is 398 g/mol. The Bertz CT molecular complexity index is 670. The molecule has 0 aliphatic heterocycles. The first kappa shape index (κ1) is 15.1. The highest BCUT2D eigenvalue weighted by Gasteiger charge is 2.05. The summed E-state index contributed by atoms with van der Waals surface area (Å²) in [5, 5.41) is 0. The number of guanidine groups is 1. The summed E-state index contributed by atoms with van der Waals surface area (Å²) in [5.41, 5.74) is 12.2. The van der Waals surface area contributed by atoms with Gasteiger partial charge in [0.15, 0.2) is 9.79 Å². The number of ether oxygens (including phenoxy) is 1. The molecule has 108 valence electrons. The van der Waals surface area contributed by atoms with Crippen molar-refractivity contribution in [3.8, 4) is 11.3 Å². The number of hydrogen-bond acceptors (Lipinski definition) is 5. The van der Waals surface area contributed by atoms with Crippen molar-refractivity contribution in [1.29, 1.82) is 0 Å². The summed E-state index contributed by atoms with van der Waals surface area (Å²) in [6.07, 6.45) is 2.48. The van der Waals surface area contributed by atoms with E-state index in [1.807, 2.05) is 28.7 Å². The fourth-order valence-electron chi connectivity index (χ4n) is 1.44. The van der Waals surface area contributed by atoms with Gasteiger partial charge in [-0.05, 0) is 12.1 Å². The second kappa shape index (κ2) is 6.92. The lowest BCUT2D eigenvalue weighted by Crippen LogP contribution is -2.24. The zero-order valence-electron chi connectivity index (χ0n) is 10.7. The molecule has 0 bridgehead atoms. The lowest BCUT2D eigenvalue weighted by Gasteiger charge is -2.04. The van der Waals surface area contributed by atoms with Crippen LogP contribution in [-0.2, 0) is 11.3 Å². The van der Waals surface area contributed by atoms with Gasteiger partial charge in [0.25, 0.3) is 0 Å². The number of amides is 1. The summed E-state index contributed by atoms with van der Waals surface area (Å²) in [4.78, 5) is 27.0. The van der Waals surface area contributed by atoms with Gasteiger partial charge in [0.05, 0.1) is 11.4 Å². The molecule has 2 heterocycles. The standard InChI is InChI=1S/C12H11IN6O2/c13-10-16-4-7(5-17-10)9-3-1-2-8(18-9)6-21-12(20)19-11(14)15/h1-5H,6H2,(H4,14,15,19,20). The Morgan fingerprint density at radius 1 is 1.29 bits per heavy atom. The maximum absolute atomic E-state index is 11.2. The lowest BCUT2D eigenvalue weighted by atomic mass is 10.2. The second-order valence-electron chi connectivity index (χ2n) is 3.85. The van der Waals surface area contributed by atoms with Crippen LogP contribution >= 0.6 is 22.6 Å². The Balaban J connectivity index is 2.09. The van der Waals surface area contributed by atoms with Crippen LogP contribution < -0.4 is 11.5 Å². The minimum atomic E-state index is -0.861. The zero-order chi connectivity index (χ0) is 15.2. The number of pyridine rings is 1.